The van der Waals surface area contributed by atoms with Crippen LogP contribution in [0.4, 0.5) is 18.9 Å². The lowest BCUT2D eigenvalue weighted by atomic mass is 10.2. The van der Waals surface area contributed by atoms with Gasteiger partial charge in [-0.15, -0.1) is 0 Å². The lowest BCUT2D eigenvalue weighted by molar-refractivity contribution is -0.192. The van der Waals surface area contributed by atoms with Crippen LogP contribution in [0.3, 0.4) is 0 Å². The van der Waals surface area contributed by atoms with Crippen LogP contribution in [-0.2, 0) is 4.79 Å². The molecule has 0 unspecified atom stereocenters. The molecule has 0 radical (unpaired) electrons. The molecule has 0 spiro atoms. The first kappa shape index (κ1) is 13.8. The number of para-hydroxylation sites is 1. The van der Waals surface area contributed by atoms with Gasteiger partial charge in [0.25, 0.3) is 0 Å². The number of aliphatic carboxylic acids is 1. The molecule has 1 aromatic carbocycles. The maximum atomic E-state index is 10.6. The Morgan fingerprint density at radius 1 is 1.22 bits per heavy atom. The van der Waals surface area contributed by atoms with Gasteiger partial charge in [0, 0.05) is 17.3 Å². The number of benzene rings is 1. The zero-order valence-corrected chi connectivity index (χ0v) is 8.98. The summed E-state index contributed by atoms with van der Waals surface area (Å²) in [5, 5.41) is 8.15. The first-order valence-electron chi connectivity index (χ1n) is 4.71. The zero-order chi connectivity index (χ0) is 13.8. The first-order valence-corrected chi connectivity index (χ1v) is 4.71. The number of hydrogen-bond donors (Lipinski definition) is 2. The molecule has 4 nitrogen and oxygen atoms in total. The van der Waals surface area contributed by atoms with Gasteiger partial charge in [-0.3, -0.25) is 4.98 Å². The third kappa shape index (κ3) is 3.62. The molecule has 1 aromatic heterocycles. The summed E-state index contributed by atoms with van der Waals surface area (Å²) in [6.07, 6.45) is -3.36. The van der Waals surface area contributed by atoms with Crippen molar-refractivity contribution >= 4 is 22.6 Å². The monoisotopic (exact) mass is 258 g/mol. The number of carbonyl (C=O) groups is 1. The number of pyridine rings is 1. The van der Waals surface area contributed by atoms with E-state index in [9.17, 15) is 13.2 Å². The molecule has 0 saturated heterocycles. The molecule has 0 amide bonds. The molecule has 0 fully saturated rings. The van der Waals surface area contributed by atoms with E-state index in [0.717, 1.165) is 16.6 Å². The van der Waals surface area contributed by atoms with Crippen LogP contribution in [0, 0.1) is 0 Å². The fourth-order valence-corrected chi connectivity index (χ4v) is 1.12. The molecule has 0 aliphatic rings. The SMILES string of the molecule is Nc1ccnc2ccccc12.O=C(O)C(F)(F)F. The number of halogens is 3. The third-order valence-corrected chi connectivity index (χ3v) is 1.93. The van der Waals surface area contributed by atoms with Crippen molar-refractivity contribution in [2.24, 2.45) is 0 Å². The summed E-state index contributed by atoms with van der Waals surface area (Å²) >= 11 is 0. The number of carboxylic acid groups (broad SMARTS) is 1. The van der Waals surface area contributed by atoms with Crippen LogP contribution in [0.1, 0.15) is 0 Å². The largest absolute Gasteiger partial charge is 0.490 e. The summed E-state index contributed by atoms with van der Waals surface area (Å²) in [6.45, 7) is 0. The van der Waals surface area contributed by atoms with Gasteiger partial charge in [0.05, 0.1) is 5.52 Å². The Bertz CT molecular complexity index is 550. The minimum Gasteiger partial charge on any atom is -0.475 e. The van der Waals surface area contributed by atoms with Gasteiger partial charge in [-0.25, -0.2) is 4.79 Å². The van der Waals surface area contributed by atoms with Gasteiger partial charge >= 0.3 is 12.1 Å². The maximum Gasteiger partial charge on any atom is 0.490 e. The van der Waals surface area contributed by atoms with Crippen molar-refractivity contribution in [2.45, 2.75) is 6.18 Å². The normalized spacial score (nSPS) is 10.6. The highest BCUT2D eigenvalue weighted by atomic mass is 19.4. The lowest BCUT2D eigenvalue weighted by Crippen LogP contribution is -2.21. The summed E-state index contributed by atoms with van der Waals surface area (Å²) in [5.41, 5.74) is 7.46. The van der Waals surface area contributed by atoms with E-state index in [1.165, 1.54) is 0 Å². The van der Waals surface area contributed by atoms with Crippen LogP contribution in [0.25, 0.3) is 10.9 Å². The molecule has 0 saturated carbocycles. The van der Waals surface area contributed by atoms with E-state index < -0.39 is 12.1 Å². The Hall–Kier alpha value is -2.31. The van der Waals surface area contributed by atoms with Crippen LogP contribution in [0.15, 0.2) is 36.5 Å². The Morgan fingerprint density at radius 3 is 2.28 bits per heavy atom. The summed E-state index contributed by atoms with van der Waals surface area (Å²) in [6, 6.07) is 9.64. The van der Waals surface area contributed by atoms with E-state index in [4.69, 9.17) is 15.6 Å². The number of fused-ring (bicyclic) bond motifs is 1. The van der Waals surface area contributed by atoms with Gasteiger partial charge in [0.2, 0.25) is 0 Å². The van der Waals surface area contributed by atoms with E-state index in [-0.39, 0.29) is 0 Å². The minimum absolute atomic E-state index is 0.788. The number of alkyl halides is 3. The summed E-state index contributed by atoms with van der Waals surface area (Å²) in [7, 11) is 0. The van der Waals surface area contributed by atoms with E-state index in [1.54, 1.807) is 6.20 Å². The Balaban J connectivity index is 0.000000203. The average Bonchev–Trinajstić information content (AvgIpc) is 2.29. The van der Waals surface area contributed by atoms with Crippen molar-refractivity contribution in [2.75, 3.05) is 5.73 Å². The fraction of sp³-hybridized carbons (Fsp3) is 0.0909. The molecular formula is C11H9F3N2O2. The number of carboxylic acids is 1. The van der Waals surface area contributed by atoms with E-state index in [1.807, 2.05) is 30.3 Å². The lowest BCUT2D eigenvalue weighted by Gasteiger charge is -1.97. The Labute approximate surface area is 99.9 Å². The predicted octanol–water partition coefficient (Wildman–Crippen LogP) is 2.45. The Morgan fingerprint density at radius 2 is 1.78 bits per heavy atom. The molecule has 96 valence electrons. The molecule has 0 atom stereocenters. The van der Waals surface area contributed by atoms with Gasteiger partial charge in [-0.2, -0.15) is 13.2 Å². The molecule has 18 heavy (non-hydrogen) atoms. The van der Waals surface area contributed by atoms with Crippen LogP contribution in [0.2, 0.25) is 0 Å². The van der Waals surface area contributed by atoms with Gasteiger partial charge in [0.1, 0.15) is 0 Å². The van der Waals surface area contributed by atoms with Crippen molar-refractivity contribution < 1.29 is 23.1 Å². The molecule has 0 bridgehead atoms. The maximum absolute atomic E-state index is 10.6. The van der Waals surface area contributed by atoms with Crippen molar-refractivity contribution in [1.29, 1.82) is 0 Å². The topological polar surface area (TPSA) is 76.2 Å². The second-order valence-corrected chi connectivity index (χ2v) is 3.22. The number of nitrogens with zero attached hydrogens (tertiary/aromatic N) is 1. The first-order chi connectivity index (χ1) is 8.32. The van der Waals surface area contributed by atoms with Gasteiger partial charge in [-0.05, 0) is 12.1 Å². The van der Waals surface area contributed by atoms with Crippen molar-refractivity contribution in [3.05, 3.63) is 36.5 Å². The van der Waals surface area contributed by atoms with Crippen LogP contribution < -0.4 is 5.73 Å². The molecule has 7 heteroatoms. The molecule has 1 heterocycles. The standard InChI is InChI=1S/C9H8N2.C2HF3O2/c10-8-5-6-11-9-4-2-1-3-7(8)9;3-2(4,5)1(6)7/h1-6H,(H2,10,11);(H,6,7). The molecule has 0 aliphatic carbocycles. The summed E-state index contributed by atoms with van der Waals surface area (Å²) < 4.78 is 31.7. The van der Waals surface area contributed by atoms with Crippen molar-refractivity contribution in [1.82, 2.24) is 4.98 Å². The highest BCUT2D eigenvalue weighted by molar-refractivity contribution is 5.89. The van der Waals surface area contributed by atoms with Crippen LogP contribution in [-0.4, -0.2) is 22.2 Å². The van der Waals surface area contributed by atoms with Gasteiger partial charge < -0.3 is 10.8 Å². The number of anilines is 1. The van der Waals surface area contributed by atoms with E-state index >= 15 is 0 Å². The molecule has 2 aromatic rings. The predicted molar refractivity (Wildman–Crippen MR) is 59.8 cm³/mol. The van der Waals surface area contributed by atoms with Crippen LogP contribution in [0.5, 0.6) is 0 Å². The third-order valence-electron chi connectivity index (χ3n) is 1.93. The van der Waals surface area contributed by atoms with Gasteiger partial charge in [0.15, 0.2) is 0 Å². The minimum atomic E-state index is -5.08. The zero-order valence-electron chi connectivity index (χ0n) is 8.98. The number of aromatic nitrogens is 1. The molecule has 2 rings (SSSR count). The average molecular weight is 258 g/mol. The second-order valence-electron chi connectivity index (χ2n) is 3.22. The Kier molecular flexibility index (Phi) is 4.09. The number of nitrogen functional groups attached to an aromatic ring is 1. The van der Waals surface area contributed by atoms with Gasteiger partial charge in [-0.1, -0.05) is 18.2 Å². The van der Waals surface area contributed by atoms with Crippen molar-refractivity contribution in [3.63, 3.8) is 0 Å². The quantitative estimate of drug-likeness (QED) is 0.761. The number of nitrogens with two attached hydrogens (primary N) is 1. The molecule has 3 N–H and O–H groups in total. The second kappa shape index (κ2) is 5.35. The number of rotatable bonds is 0. The summed E-state index contributed by atoms with van der Waals surface area (Å²) in [5.74, 6) is -2.76. The molecule has 0 aliphatic heterocycles. The van der Waals surface area contributed by atoms with E-state index in [0.29, 0.717) is 0 Å². The fourth-order valence-electron chi connectivity index (χ4n) is 1.12. The van der Waals surface area contributed by atoms with E-state index in [2.05, 4.69) is 4.98 Å². The highest BCUT2D eigenvalue weighted by Gasteiger charge is 2.38. The number of hydrogen-bond acceptors (Lipinski definition) is 3. The summed E-state index contributed by atoms with van der Waals surface area (Å²) in [4.78, 5) is 13.1. The smallest absolute Gasteiger partial charge is 0.475 e. The van der Waals surface area contributed by atoms with Crippen LogP contribution >= 0.6 is 0 Å². The van der Waals surface area contributed by atoms with Crippen molar-refractivity contribution in [3.8, 4) is 0 Å². The molecular weight excluding hydrogens is 249 g/mol. The highest BCUT2D eigenvalue weighted by Crippen LogP contribution is 2.16.